The molecule has 7 heteroatoms. The number of rotatable bonds is 4. The first-order chi connectivity index (χ1) is 14.8. The van der Waals surface area contributed by atoms with Crippen molar-refractivity contribution in [3.63, 3.8) is 0 Å². The highest BCUT2D eigenvalue weighted by atomic mass is 16.6. The number of nitro groups is 1. The number of nitrogens with one attached hydrogen (secondary N) is 1. The van der Waals surface area contributed by atoms with Crippen molar-refractivity contribution in [3.05, 3.63) is 104 Å². The summed E-state index contributed by atoms with van der Waals surface area (Å²) < 4.78 is 5.87. The quantitative estimate of drug-likeness (QED) is 0.363. The van der Waals surface area contributed by atoms with Crippen LogP contribution in [0, 0.1) is 24.0 Å². The standard InChI is InChI=1S/C24H18N2O5/c1-14-3-10-22-19(11-14)21(27)13-23(31-22)16-5-7-17(8-6-16)24(28)25-20-12-18(26(29)30)9-4-15(20)2/h3-13H,1-2H3,(H,25,28). The van der Waals surface area contributed by atoms with Crippen LogP contribution in [0.4, 0.5) is 11.4 Å². The summed E-state index contributed by atoms with van der Waals surface area (Å²) in [5, 5.41) is 14.2. The summed E-state index contributed by atoms with van der Waals surface area (Å²) in [7, 11) is 0. The van der Waals surface area contributed by atoms with Crippen LogP contribution in [0.3, 0.4) is 0 Å². The summed E-state index contributed by atoms with van der Waals surface area (Å²) in [6, 6.07) is 17.7. The molecule has 154 valence electrons. The molecule has 0 radical (unpaired) electrons. The number of benzene rings is 3. The first-order valence-electron chi connectivity index (χ1n) is 9.53. The van der Waals surface area contributed by atoms with Gasteiger partial charge in [-0.05, 0) is 43.7 Å². The first-order valence-corrected chi connectivity index (χ1v) is 9.53. The topological polar surface area (TPSA) is 102 Å². The average Bonchev–Trinajstić information content (AvgIpc) is 2.75. The van der Waals surface area contributed by atoms with Crippen LogP contribution in [-0.2, 0) is 0 Å². The molecule has 1 heterocycles. The Balaban J connectivity index is 1.60. The monoisotopic (exact) mass is 414 g/mol. The molecule has 7 nitrogen and oxygen atoms in total. The molecule has 0 spiro atoms. The zero-order valence-corrected chi connectivity index (χ0v) is 16.8. The van der Waals surface area contributed by atoms with E-state index in [0.29, 0.717) is 39.1 Å². The number of aryl methyl sites for hydroxylation is 2. The number of amides is 1. The lowest BCUT2D eigenvalue weighted by atomic mass is 10.1. The molecule has 0 unspecified atom stereocenters. The largest absolute Gasteiger partial charge is 0.456 e. The number of anilines is 1. The number of carbonyl (C=O) groups excluding carboxylic acids is 1. The second-order valence-corrected chi connectivity index (χ2v) is 7.26. The van der Waals surface area contributed by atoms with E-state index in [1.165, 1.54) is 18.2 Å². The zero-order chi connectivity index (χ0) is 22.1. The van der Waals surface area contributed by atoms with E-state index >= 15 is 0 Å². The zero-order valence-electron chi connectivity index (χ0n) is 16.8. The summed E-state index contributed by atoms with van der Waals surface area (Å²) in [4.78, 5) is 35.5. The molecule has 0 fully saturated rings. The summed E-state index contributed by atoms with van der Waals surface area (Å²) in [5.41, 5.74) is 3.34. The van der Waals surface area contributed by atoms with Crippen LogP contribution in [0.2, 0.25) is 0 Å². The summed E-state index contributed by atoms with van der Waals surface area (Å²) >= 11 is 0. The van der Waals surface area contributed by atoms with Gasteiger partial charge in [0.15, 0.2) is 5.43 Å². The summed E-state index contributed by atoms with van der Waals surface area (Å²) in [6.07, 6.45) is 0. The van der Waals surface area contributed by atoms with Crippen molar-refractivity contribution in [1.82, 2.24) is 0 Å². The Morgan fingerprint density at radius 2 is 1.71 bits per heavy atom. The minimum atomic E-state index is -0.511. The molecule has 1 amide bonds. The Labute approximate surface area is 177 Å². The Morgan fingerprint density at radius 1 is 0.968 bits per heavy atom. The van der Waals surface area contributed by atoms with Crippen LogP contribution in [0.1, 0.15) is 21.5 Å². The van der Waals surface area contributed by atoms with E-state index in [4.69, 9.17) is 4.42 Å². The Bertz CT molecular complexity index is 1390. The van der Waals surface area contributed by atoms with Crippen molar-refractivity contribution in [1.29, 1.82) is 0 Å². The van der Waals surface area contributed by atoms with Crippen LogP contribution >= 0.6 is 0 Å². The third-order valence-electron chi connectivity index (χ3n) is 4.99. The molecule has 3 aromatic carbocycles. The highest BCUT2D eigenvalue weighted by molar-refractivity contribution is 6.05. The van der Waals surface area contributed by atoms with Gasteiger partial charge in [0.2, 0.25) is 0 Å². The first kappa shape index (κ1) is 20.0. The molecule has 0 atom stereocenters. The van der Waals surface area contributed by atoms with E-state index in [1.54, 1.807) is 49.4 Å². The van der Waals surface area contributed by atoms with Gasteiger partial charge in [-0.15, -0.1) is 0 Å². The van der Waals surface area contributed by atoms with Gasteiger partial charge >= 0.3 is 0 Å². The molecule has 0 saturated carbocycles. The molecule has 1 N–H and O–H groups in total. The second-order valence-electron chi connectivity index (χ2n) is 7.26. The molecule has 0 aliphatic rings. The molecule has 0 aliphatic heterocycles. The molecule has 1 aromatic heterocycles. The number of hydrogen-bond donors (Lipinski definition) is 1. The predicted molar refractivity (Wildman–Crippen MR) is 118 cm³/mol. The van der Waals surface area contributed by atoms with Crippen LogP contribution in [0.5, 0.6) is 0 Å². The number of nitrogens with zero attached hydrogens (tertiary/aromatic N) is 1. The molecule has 4 rings (SSSR count). The lowest BCUT2D eigenvalue weighted by Gasteiger charge is -2.09. The van der Waals surface area contributed by atoms with E-state index in [2.05, 4.69) is 5.32 Å². The normalized spacial score (nSPS) is 10.8. The highest BCUT2D eigenvalue weighted by Gasteiger charge is 2.13. The van der Waals surface area contributed by atoms with Gasteiger partial charge in [0.1, 0.15) is 11.3 Å². The number of carbonyl (C=O) groups is 1. The van der Waals surface area contributed by atoms with Gasteiger partial charge in [0.25, 0.3) is 11.6 Å². The third kappa shape index (κ3) is 4.06. The predicted octanol–water partition coefficient (Wildman–Crippen LogP) is 5.24. The van der Waals surface area contributed by atoms with Crippen LogP contribution in [0.25, 0.3) is 22.3 Å². The molecule has 0 bridgehead atoms. The number of non-ortho nitro benzene ring substituents is 1. The van der Waals surface area contributed by atoms with Crippen LogP contribution < -0.4 is 10.7 Å². The summed E-state index contributed by atoms with van der Waals surface area (Å²) in [5.74, 6) is 0.00780. The lowest BCUT2D eigenvalue weighted by molar-refractivity contribution is -0.384. The second kappa shape index (κ2) is 7.87. The van der Waals surface area contributed by atoms with Gasteiger partial charge in [-0.1, -0.05) is 29.8 Å². The van der Waals surface area contributed by atoms with Crippen LogP contribution in [-0.4, -0.2) is 10.8 Å². The van der Waals surface area contributed by atoms with Crippen molar-refractivity contribution in [2.24, 2.45) is 0 Å². The van der Waals surface area contributed by atoms with E-state index < -0.39 is 10.8 Å². The number of nitro benzene ring substituents is 1. The maximum absolute atomic E-state index is 12.6. The fourth-order valence-electron chi connectivity index (χ4n) is 3.25. The van der Waals surface area contributed by atoms with E-state index in [1.807, 2.05) is 13.0 Å². The van der Waals surface area contributed by atoms with Gasteiger partial charge in [-0.3, -0.25) is 19.7 Å². The van der Waals surface area contributed by atoms with Gasteiger partial charge in [0, 0.05) is 29.3 Å². The van der Waals surface area contributed by atoms with Crippen molar-refractivity contribution in [3.8, 4) is 11.3 Å². The van der Waals surface area contributed by atoms with E-state index in [-0.39, 0.29) is 11.1 Å². The van der Waals surface area contributed by atoms with Gasteiger partial charge in [-0.25, -0.2) is 0 Å². The van der Waals surface area contributed by atoms with E-state index in [9.17, 15) is 19.7 Å². The minimum absolute atomic E-state index is 0.0993. The third-order valence-corrected chi connectivity index (χ3v) is 4.99. The van der Waals surface area contributed by atoms with Crippen molar-refractivity contribution in [2.75, 3.05) is 5.32 Å². The lowest BCUT2D eigenvalue weighted by Crippen LogP contribution is -2.13. The number of hydrogen-bond acceptors (Lipinski definition) is 5. The van der Waals surface area contributed by atoms with Crippen molar-refractivity contribution in [2.45, 2.75) is 13.8 Å². The highest BCUT2D eigenvalue weighted by Crippen LogP contribution is 2.25. The fraction of sp³-hybridized carbons (Fsp3) is 0.0833. The van der Waals surface area contributed by atoms with Gasteiger partial charge < -0.3 is 9.73 Å². The molecule has 0 saturated heterocycles. The molecule has 0 aliphatic carbocycles. The Hall–Kier alpha value is -4.26. The SMILES string of the molecule is Cc1ccc2oc(-c3ccc(C(=O)Nc4cc([N+](=O)[O-])ccc4C)cc3)cc(=O)c2c1. The van der Waals surface area contributed by atoms with Gasteiger partial charge in [0.05, 0.1) is 16.0 Å². The van der Waals surface area contributed by atoms with Gasteiger partial charge in [-0.2, -0.15) is 0 Å². The van der Waals surface area contributed by atoms with Crippen molar-refractivity contribution >= 4 is 28.3 Å². The minimum Gasteiger partial charge on any atom is -0.456 e. The van der Waals surface area contributed by atoms with Crippen LogP contribution in [0.15, 0.2) is 75.9 Å². The maximum Gasteiger partial charge on any atom is 0.271 e. The smallest absolute Gasteiger partial charge is 0.271 e. The Morgan fingerprint density at radius 3 is 2.42 bits per heavy atom. The average molecular weight is 414 g/mol. The fourth-order valence-corrected chi connectivity index (χ4v) is 3.25. The molecular formula is C24H18N2O5. The molecular weight excluding hydrogens is 396 g/mol. The Kier molecular flexibility index (Phi) is 5.09. The van der Waals surface area contributed by atoms with Crippen molar-refractivity contribution < 1.29 is 14.1 Å². The molecule has 31 heavy (non-hydrogen) atoms. The summed E-state index contributed by atoms with van der Waals surface area (Å²) in [6.45, 7) is 3.66. The number of fused-ring (bicyclic) bond motifs is 1. The molecule has 4 aromatic rings. The van der Waals surface area contributed by atoms with E-state index in [0.717, 1.165) is 5.56 Å². The maximum atomic E-state index is 12.6.